The number of nitrogens with zero attached hydrogens (tertiary/aromatic N) is 1. The highest BCUT2D eigenvalue weighted by Crippen LogP contribution is 2.29. The van der Waals surface area contributed by atoms with Crippen LogP contribution in [-0.4, -0.2) is 39.6 Å². The zero-order valence-corrected chi connectivity index (χ0v) is 12.4. The maximum absolute atomic E-state index is 12.3. The Morgan fingerprint density at radius 2 is 2.24 bits per heavy atom. The topological polar surface area (TPSA) is 111 Å². The van der Waals surface area contributed by atoms with Gasteiger partial charge in [-0.1, -0.05) is 0 Å². The molecule has 1 atom stereocenters. The zero-order valence-electron chi connectivity index (χ0n) is 11.5. The van der Waals surface area contributed by atoms with Crippen molar-refractivity contribution in [2.45, 2.75) is 23.8 Å². The predicted octanol–water partition coefficient (Wildman–Crippen LogP) is 0.634. The van der Waals surface area contributed by atoms with Crippen LogP contribution in [0.3, 0.4) is 0 Å². The van der Waals surface area contributed by atoms with E-state index in [1.54, 1.807) is 0 Å². The molecule has 116 valence electrons. The molecule has 1 aromatic carbocycles. The van der Waals surface area contributed by atoms with Gasteiger partial charge >= 0.3 is 5.69 Å². The lowest BCUT2D eigenvalue weighted by molar-refractivity contribution is -0.386. The summed E-state index contributed by atoms with van der Waals surface area (Å²) >= 11 is 0. The number of nitro benzene ring substituents is 1. The molecule has 0 unspecified atom stereocenters. The van der Waals surface area contributed by atoms with Gasteiger partial charge in [0.2, 0.25) is 10.0 Å². The van der Waals surface area contributed by atoms with Crippen molar-refractivity contribution >= 4 is 15.7 Å². The van der Waals surface area contributed by atoms with Crippen molar-refractivity contribution < 1.29 is 18.1 Å². The molecule has 1 aliphatic heterocycles. The fraction of sp³-hybridized carbons (Fsp3) is 0.500. The lowest BCUT2D eigenvalue weighted by Gasteiger charge is -2.23. The van der Waals surface area contributed by atoms with Crippen LogP contribution in [-0.2, 0) is 10.0 Å². The van der Waals surface area contributed by atoms with Gasteiger partial charge in [0.25, 0.3) is 0 Å². The van der Waals surface area contributed by atoms with Crippen molar-refractivity contribution in [3.63, 3.8) is 0 Å². The van der Waals surface area contributed by atoms with E-state index < -0.39 is 14.9 Å². The quantitative estimate of drug-likeness (QED) is 0.609. The third-order valence-electron chi connectivity index (χ3n) is 3.28. The van der Waals surface area contributed by atoms with Crippen LogP contribution in [0.5, 0.6) is 5.75 Å². The summed E-state index contributed by atoms with van der Waals surface area (Å²) in [6.45, 7) is 1.42. The third-order valence-corrected chi connectivity index (χ3v) is 4.79. The first kappa shape index (κ1) is 15.7. The number of nitro groups is 1. The van der Waals surface area contributed by atoms with Gasteiger partial charge in [0.05, 0.1) is 16.9 Å². The molecule has 1 heterocycles. The fourth-order valence-corrected chi connectivity index (χ4v) is 3.51. The van der Waals surface area contributed by atoms with Gasteiger partial charge in [0.15, 0.2) is 5.75 Å². The first-order valence-electron chi connectivity index (χ1n) is 6.49. The molecule has 1 aliphatic rings. The van der Waals surface area contributed by atoms with Crippen molar-refractivity contribution in [2.75, 3.05) is 20.2 Å². The van der Waals surface area contributed by atoms with Crippen LogP contribution in [0, 0.1) is 10.1 Å². The highest BCUT2D eigenvalue weighted by Gasteiger charge is 2.25. The molecule has 0 radical (unpaired) electrons. The van der Waals surface area contributed by atoms with Crippen LogP contribution in [0.4, 0.5) is 5.69 Å². The molecule has 0 bridgehead atoms. The van der Waals surface area contributed by atoms with Crippen LogP contribution >= 0.6 is 0 Å². The van der Waals surface area contributed by atoms with Crippen molar-refractivity contribution in [1.82, 2.24) is 10.0 Å². The average Bonchev–Trinajstić information content (AvgIpc) is 2.47. The molecule has 1 saturated heterocycles. The summed E-state index contributed by atoms with van der Waals surface area (Å²) in [5.41, 5.74) is -0.373. The molecule has 21 heavy (non-hydrogen) atoms. The summed E-state index contributed by atoms with van der Waals surface area (Å²) in [6.07, 6.45) is 1.63. The second-order valence-corrected chi connectivity index (χ2v) is 6.47. The van der Waals surface area contributed by atoms with E-state index in [9.17, 15) is 18.5 Å². The van der Waals surface area contributed by atoms with Crippen molar-refractivity contribution in [1.29, 1.82) is 0 Å². The Labute approximate surface area is 122 Å². The first-order chi connectivity index (χ1) is 9.94. The Hall–Kier alpha value is -1.71. The average molecular weight is 315 g/mol. The molecule has 0 aromatic heterocycles. The lowest BCUT2D eigenvalue weighted by atomic mass is 10.1. The second kappa shape index (κ2) is 6.37. The lowest BCUT2D eigenvalue weighted by Crippen LogP contribution is -2.45. The first-order valence-corrected chi connectivity index (χ1v) is 7.98. The number of rotatable bonds is 5. The van der Waals surface area contributed by atoms with E-state index in [4.69, 9.17) is 4.74 Å². The van der Waals surface area contributed by atoms with Crippen LogP contribution in [0.2, 0.25) is 0 Å². The second-order valence-electron chi connectivity index (χ2n) is 4.76. The number of ether oxygens (including phenoxy) is 1. The number of nitrogens with one attached hydrogen (secondary N) is 2. The molecule has 9 heteroatoms. The van der Waals surface area contributed by atoms with E-state index in [2.05, 4.69) is 10.0 Å². The monoisotopic (exact) mass is 315 g/mol. The molecule has 8 nitrogen and oxygen atoms in total. The molecule has 0 amide bonds. The summed E-state index contributed by atoms with van der Waals surface area (Å²) in [7, 11) is -2.50. The number of methoxy groups -OCH3 is 1. The molecule has 1 aromatic rings. The van der Waals surface area contributed by atoms with Gasteiger partial charge in [-0.15, -0.1) is 0 Å². The van der Waals surface area contributed by atoms with Gasteiger partial charge in [0, 0.05) is 18.7 Å². The van der Waals surface area contributed by atoms with Gasteiger partial charge in [0.1, 0.15) is 0 Å². The molecule has 2 N–H and O–H groups in total. The summed E-state index contributed by atoms with van der Waals surface area (Å²) in [4.78, 5) is 10.1. The van der Waals surface area contributed by atoms with Crippen LogP contribution < -0.4 is 14.8 Å². The number of hydrogen-bond acceptors (Lipinski definition) is 6. The fourth-order valence-electron chi connectivity index (χ4n) is 2.22. The number of sulfonamides is 1. The van der Waals surface area contributed by atoms with Crippen LogP contribution in [0.25, 0.3) is 0 Å². The van der Waals surface area contributed by atoms with E-state index in [0.717, 1.165) is 25.5 Å². The van der Waals surface area contributed by atoms with E-state index in [0.29, 0.717) is 6.54 Å². The van der Waals surface area contributed by atoms with Crippen molar-refractivity contribution in [2.24, 2.45) is 0 Å². The molecule has 2 rings (SSSR count). The van der Waals surface area contributed by atoms with Gasteiger partial charge in [-0.2, -0.15) is 0 Å². The number of benzene rings is 1. The molecular weight excluding hydrogens is 298 g/mol. The van der Waals surface area contributed by atoms with Gasteiger partial charge < -0.3 is 10.1 Å². The summed E-state index contributed by atoms with van der Waals surface area (Å²) < 4.78 is 32.0. The molecule has 0 spiro atoms. The third kappa shape index (κ3) is 3.69. The normalized spacial score (nSPS) is 19.2. The molecule has 0 aliphatic carbocycles. The maximum Gasteiger partial charge on any atom is 0.312 e. The predicted molar refractivity (Wildman–Crippen MR) is 75.9 cm³/mol. The largest absolute Gasteiger partial charge is 0.490 e. The van der Waals surface area contributed by atoms with E-state index in [-0.39, 0.29) is 22.4 Å². The summed E-state index contributed by atoms with van der Waals surface area (Å²) in [6, 6.07) is 3.39. The SMILES string of the molecule is COc1ccc(S(=O)(=O)N[C@H]2CCCNC2)cc1[N+](=O)[O-]. The highest BCUT2D eigenvalue weighted by molar-refractivity contribution is 7.89. The minimum atomic E-state index is -3.79. The summed E-state index contributed by atoms with van der Waals surface area (Å²) in [5, 5.41) is 14.1. The maximum atomic E-state index is 12.3. The minimum Gasteiger partial charge on any atom is -0.490 e. The van der Waals surface area contributed by atoms with Gasteiger partial charge in [-0.3, -0.25) is 10.1 Å². The Bertz CT molecular complexity index is 626. The van der Waals surface area contributed by atoms with Crippen LogP contribution in [0.1, 0.15) is 12.8 Å². The molecule has 1 fully saturated rings. The summed E-state index contributed by atoms with van der Waals surface area (Å²) in [5.74, 6) is 0.0262. The van der Waals surface area contributed by atoms with Crippen molar-refractivity contribution in [3.8, 4) is 5.75 Å². The van der Waals surface area contributed by atoms with Crippen molar-refractivity contribution in [3.05, 3.63) is 28.3 Å². The molecule has 0 saturated carbocycles. The Morgan fingerprint density at radius 3 is 2.81 bits per heavy atom. The van der Waals surface area contributed by atoms with Gasteiger partial charge in [-0.25, -0.2) is 13.1 Å². The van der Waals surface area contributed by atoms with E-state index >= 15 is 0 Å². The standard InChI is InChI=1S/C12H17N3O5S/c1-20-12-5-4-10(7-11(12)15(16)17)21(18,19)14-9-3-2-6-13-8-9/h4-5,7,9,13-14H,2-3,6,8H2,1H3/t9-/m0/s1. The highest BCUT2D eigenvalue weighted by atomic mass is 32.2. The zero-order chi connectivity index (χ0) is 15.5. The minimum absolute atomic E-state index is 0.0262. The van der Waals surface area contributed by atoms with Crippen LogP contribution in [0.15, 0.2) is 23.1 Å². The number of piperidine rings is 1. The van der Waals surface area contributed by atoms with E-state index in [1.807, 2.05) is 0 Å². The van der Waals surface area contributed by atoms with Gasteiger partial charge in [-0.05, 0) is 31.5 Å². The van der Waals surface area contributed by atoms with E-state index in [1.165, 1.54) is 19.2 Å². The number of hydrogen-bond donors (Lipinski definition) is 2. The Balaban J connectivity index is 2.27. The molecular formula is C12H17N3O5S. The Morgan fingerprint density at radius 1 is 1.48 bits per heavy atom. The smallest absolute Gasteiger partial charge is 0.312 e. The Kier molecular flexibility index (Phi) is 4.76.